The number of likely N-dealkylation sites (N-methyl/N-ethyl adjacent to an activating group) is 1. The van der Waals surface area contributed by atoms with E-state index >= 15 is 0 Å². The van der Waals surface area contributed by atoms with Gasteiger partial charge in [-0.15, -0.1) is 0 Å². The summed E-state index contributed by atoms with van der Waals surface area (Å²) in [4.78, 5) is 14.1. The van der Waals surface area contributed by atoms with E-state index in [0.29, 0.717) is 12.3 Å². The first-order valence-corrected chi connectivity index (χ1v) is 7.79. The Morgan fingerprint density at radius 1 is 1.43 bits per heavy atom. The maximum atomic E-state index is 12.3. The van der Waals surface area contributed by atoms with Gasteiger partial charge in [0.25, 0.3) is 0 Å². The second kappa shape index (κ2) is 8.15. The predicted octanol–water partition coefficient (Wildman–Crippen LogP) is 1.83. The predicted molar refractivity (Wildman–Crippen MR) is 83.9 cm³/mol. The molecule has 1 aromatic rings. The van der Waals surface area contributed by atoms with E-state index in [9.17, 15) is 4.79 Å². The van der Waals surface area contributed by atoms with Crippen LogP contribution < -0.4 is 5.73 Å². The molecule has 2 atom stereocenters. The van der Waals surface area contributed by atoms with Crippen molar-refractivity contribution in [2.45, 2.75) is 31.7 Å². The quantitative estimate of drug-likeness (QED) is 0.869. The minimum Gasteiger partial charge on any atom is -0.381 e. The summed E-state index contributed by atoms with van der Waals surface area (Å²) < 4.78 is 5.46. The molecule has 0 bridgehead atoms. The molecule has 1 amide bonds. The van der Waals surface area contributed by atoms with Gasteiger partial charge in [-0.3, -0.25) is 4.79 Å². The van der Waals surface area contributed by atoms with Crippen molar-refractivity contribution >= 4 is 5.91 Å². The Kier molecular flexibility index (Phi) is 6.21. The van der Waals surface area contributed by atoms with Crippen molar-refractivity contribution in [2.24, 2.45) is 11.7 Å². The van der Waals surface area contributed by atoms with Crippen LogP contribution in [0.25, 0.3) is 0 Å². The molecule has 0 aliphatic carbocycles. The van der Waals surface area contributed by atoms with E-state index in [-0.39, 0.29) is 5.91 Å². The minimum absolute atomic E-state index is 0.0384. The largest absolute Gasteiger partial charge is 0.381 e. The molecule has 0 aromatic heterocycles. The maximum absolute atomic E-state index is 12.3. The van der Waals surface area contributed by atoms with E-state index in [0.717, 1.165) is 39.0 Å². The summed E-state index contributed by atoms with van der Waals surface area (Å²) in [7, 11) is 1.85. The molecule has 1 saturated heterocycles. The van der Waals surface area contributed by atoms with Gasteiger partial charge in [0.05, 0.1) is 12.6 Å². The van der Waals surface area contributed by atoms with Crippen LogP contribution in [0.2, 0.25) is 0 Å². The number of carbonyl (C=O) groups is 1. The summed E-state index contributed by atoms with van der Waals surface area (Å²) in [5, 5.41) is 0. The number of carbonyl (C=O) groups excluding carboxylic acids is 1. The zero-order valence-electron chi connectivity index (χ0n) is 12.8. The molecule has 21 heavy (non-hydrogen) atoms. The number of rotatable bonds is 6. The average Bonchev–Trinajstić information content (AvgIpc) is 2.53. The van der Waals surface area contributed by atoms with Crippen molar-refractivity contribution in [2.75, 3.05) is 26.8 Å². The monoisotopic (exact) mass is 290 g/mol. The molecule has 1 fully saturated rings. The van der Waals surface area contributed by atoms with Crippen LogP contribution in [0.1, 0.15) is 24.8 Å². The van der Waals surface area contributed by atoms with Gasteiger partial charge in [0.2, 0.25) is 5.91 Å². The van der Waals surface area contributed by atoms with Crippen molar-refractivity contribution in [3.8, 4) is 0 Å². The molecule has 1 aliphatic heterocycles. The number of ether oxygens (including phenoxy) is 1. The fraction of sp³-hybridized carbons (Fsp3) is 0.588. The van der Waals surface area contributed by atoms with E-state index < -0.39 is 6.04 Å². The first-order chi connectivity index (χ1) is 10.2. The summed E-state index contributed by atoms with van der Waals surface area (Å²) >= 11 is 0. The lowest BCUT2D eigenvalue weighted by Gasteiger charge is -2.28. The zero-order chi connectivity index (χ0) is 15.1. The third-order valence-electron chi connectivity index (χ3n) is 4.07. The fourth-order valence-corrected chi connectivity index (χ4v) is 2.80. The van der Waals surface area contributed by atoms with E-state index in [2.05, 4.69) is 12.1 Å². The maximum Gasteiger partial charge on any atom is 0.239 e. The molecule has 1 heterocycles. The van der Waals surface area contributed by atoms with Gasteiger partial charge in [0.15, 0.2) is 0 Å². The third-order valence-corrected chi connectivity index (χ3v) is 4.07. The Hall–Kier alpha value is -1.39. The highest BCUT2D eigenvalue weighted by Crippen LogP contribution is 2.15. The SMILES string of the molecule is CN(CC1CCCOC1)C(=O)C(N)CCc1ccccc1. The van der Waals surface area contributed by atoms with Crippen LogP contribution in [-0.4, -0.2) is 43.7 Å². The van der Waals surface area contributed by atoms with Crippen molar-refractivity contribution < 1.29 is 9.53 Å². The van der Waals surface area contributed by atoms with Crippen molar-refractivity contribution in [1.82, 2.24) is 4.90 Å². The minimum atomic E-state index is -0.417. The smallest absolute Gasteiger partial charge is 0.239 e. The first-order valence-electron chi connectivity index (χ1n) is 7.79. The van der Waals surface area contributed by atoms with Crippen LogP contribution in [0.3, 0.4) is 0 Å². The van der Waals surface area contributed by atoms with Gasteiger partial charge < -0.3 is 15.4 Å². The van der Waals surface area contributed by atoms with Crippen molar-refractivity contribution in [3.63, 3.8) is 0 Å². The fourth-order valence-electron chi connectivity index (χ4n) is 2.80. The van der Waals surface area contributed by atoms with Crippen LogP contribution in [0.4, 0.5) is 0 Å². The van der Waals surface area contributed by atoms with Gasteiger partial charge in [0, 0.05) is 20.2 Å². The number of nitrogens with two attached hydrogens (primary N) is 1. The van der Waals surface area contributed by atoms with Crippen molar-refractivity contribution in [3.05, 3.63) is 35.9 Å². The van der Waals surface area contributed by atoms with Gasteiger partial charge in [-0.2, -0.15) is 0 Å². The Morgan fingerprint density at radius 3 is 2.86 bits per heavy atom. The van der Waals surface area contributed by atoms with Crippen LogP contribution in [-0.2, 0) is 16.0 Å². The van der Waals surface area contributed by atoms with Crippen molar-refractivity contribution in [1.29, 1.82) is 0 Å². The summed E-state index contributed by atoms with van der Waals surface area (Å²) in [5.74, 6) is 0.491. The number of hydrogen-bond acceptors (Lipinski definition) is 3. The molecule has 1 aromatic carbocycles. The van der Waals surface area contributed by atoms with Crippen LogP contribution >= 0.6 is 0 Å². The average molecular weight is 290 g/mol. The van der Waals surface area contributed by atoms with E-state index in [1.165, 1.54) is 5.56 Å². The molecule has 2 N–H and O–H groups in total. The van der Waals surface area contributed by atoms with E-state index in [1.54, 1.807) is 4.90 Å². The van der Waals surface area contributed by atoms with E-state index in [4.69, 9.17) is 10.5 Å². The van der Waals surface area contributed by atoms with Crippen LogP contribution in [0.5, 0.6) is 0 Å². The topological polar surface area (TPSA) is 55.6 Å². The Balaban J connectivity index is 1.75. The van der Waals surface area contributed by atoms with Gasteiger partial charge in [-0.25, -0.2) is 0 Å². The molecule has 2 unspecified atom stereocenters. The second-order valence-electron chi connectivity index (χ2n) is 5.93. The molecule has 0 radical (unpaired) electrons. The van der Waals surface area contributed by atoms with Gasteiger partial charge in [0.1, 0.15) is 0 Å². The van der Waals surface area contributed by atoms with Crippen LogP contribution in [0, 0.1) is 5.92 Å². The highest BCUT2D eigenvalue weighted by atomic mass is 16.5. The van der Waals surface area contributed by atoms with Gasteiger partial charge in [-0.05, 0) is 37.2 Å². The van der Waals surface area contributed by atoms with Crippen LogP contribution in [0.15, 0.2) is 30.3 Å². The number of benzene rings is 1. The normalized spacial score (nSPS) is 20.0. The molecule has 1 aliphatic rings. The highest BCUT2D eigenvalue weighted by molar-refractivity contribution is 5.81. The molecule has 116 valence electrons. The lowest BCUT2D eigenvalue weighted by atomic mass is 10.0. The van der Waals surface area contributed by atoms with Gasteiger partial charge in [-0.1, -0.05) is 30.3 Å². The molecule has 2 rings (SSSR count). The molecule has 0 spiro atoms. The zero-order valence-corrected chi connectivity index (χ0v) is 12.8. The van der Waals surface area contributed by atoms with E-state index in [1.807, 2.05) is 25.2 Å². The number of aryl methyl sites for hydroxylation is 1. The standard InChI is InChI=1S/C17H26N2O2/c1-19(12-15-8-5-11-21-13-15)17(20)16(18)10-9-14-6-3-2-4-7-14/h2-4,6-7,15-16H,5,8-13,18H2,1H3. The number of nitrogens with zero attached hydrogens (tertiary/aromatic N) is 1. The summed E-state index contributed by atoms with van der Waals surface area (Å²) in [6, 6.07) is 9.74. The Morgan fingerprint density at radius 2 is 2.19 bits per heavy atom. The molecular formula is C17H26N2O2. The lowest BCUT2D eigenvalue weighted by Crippen LogP contribution is -2.44. The number of hydrogen-bond donors (Lipinski definition) is 1. The first kappa shape index (κ1) is 16.0. The molecule has 4 nitrogen and oxygen atoms in total. The Bertz CT molecular complexity index is 430. The highest BCUT2D eigenvalue weighted by Gasteiger charge is 2.22. The number of amides is 1. The molecule has 4 heteroatoms. The summed E-state index contributed by atoms with van der Waals surface area (Å²) in [6.45, 7) is 2.36. The summed E-state index contributed by atoms with van der Waals surface area (Å²) in [5.41, 5.74) is 7.27. The second-order valence-corrected chi connectivity index (χ2v) is 5.93. The molecular weight excluding hydrogens is 264 g/mol. The summed E-state index contributed by atoms with van der Waals surface area (Å²) in [6.07, 6.45) is 3.76. The lowest BCUT2D eigenvalue weighted by molar-refractivity contribution is -0.132. The molecule has 0 saturated carbocycles. The van der Waals surface area contributed by atoms with Gasteiger partial charge >= 0.3 is 0 Å². The Labute approximate surface area is 127 Å². The third kappa shape index (κ3) is 5.14.